The third-order valence-corrected chi connectivity index (χ3v) is 4.19. The van der Waals surface area contributed by atoms with Crippen molar-refractivity contribution in [2.45, 2.75) is 26.9 Å². The first-order valence-electron chi connectivity index (χ1n) is 8.28. The molecule has 0 radical (unpaired) electrons. The maximum Gasteiger partial charge on any atom is 0.381 e. The molecule has 2 rings (SSSR count). The van der Waals surface area contributed by atoms with Crippen LogP contribution >= 0.6 is 8.53 Å². The second kappa shape index (κ2) is 12.2. The third kappa shape index (κ3) is 7.47. The summed E-state index contributed by atoms with van der Waals surface area (Å²) in [5, 5.41) is 2.64. The molecule has 0 heterocycles. The molecule has 0 saturated carbocycles. The van der Waals surface area contributed by atoms with Crippen LogP contribution in [-0.4, -0.2) is 19.1 Å². The highest BCUT2D eigenvalue weighted by atomic mass is 31.2. The van der Waals surface area contributed by atoms with Gasteiger partial charge in [-0.3, -0.25) is 4.79 Å². The summed E-state index contributed by atoms with van der Waals surface area (Å²) in [6.07, 6.45) is 0.0301. The normalized spacial score (nSPS) is 11.3. The minimum Gasteiger partial charge on any atom is -0.465 e. The average molecular weight is 439 g/mol. The number of carbonyl (C=O) groups excluding carboxylic acids is 1. The van der Waals surface area contributed by atoms with Crippen LogP contribution in [0, 0.1) is 29.1 Å². The Kier molecular flexibility index (Phi) is 10.3. The van der Waals surface area contributed by atoms with Crippen LogP contribution in [0.15, 0.2) is 30.3 Å². The molecule has 2 aromatic carbocycles. The molecule has 0 aliphatic rings. The third-order valence-electron chi connectivity index (χ3n) is 2.89. The standard InChI is InChI=1S/C14H11F5NO2P.C4H8O2/c1-2-20-23(21-8-6-4-3-5-7-8)22-14-12(18)10(16)9(15)11(17)13(14)19;1-4(2)6-3-5/h3-7,20H,2H2,1H3;3-4H,1-2H3. The summed E-state index contributed by atoms with van der Waals surface area (Å²) >= 11 is 0. The van der Waals surface area contributed by atoms with Gasteiger partial charge in [-0.25, -0.2) is 18.3 Å². The lowest BCUT2D eigenvalue weighted by Gasteiger charge is -2.19. The average Bonchev–Trinajstić information content (AvgIpc) is 2.69. The van der Waals surface area contributed by atoms with Crippen molar-refractivity contribution in [3.63, 3.8) is 0 Å². The monoisotopic (exact) mass is 439 g/mol. The zero-order valence-electron chi connectivity index (χ0n) is 15.7. The van der Waals surface area contributed by atoms with E-state index in [2.05, 4.69) is 9.82 Å². The quantitative estimate of drug-likeness (QED) is 0.200. The number of rotatable bonds is 8. The molecular formula is C18H19F5NO4P. The van der Waals surface area contributed by atoms with Gasteiger partial charge in [-0.05, 0) is 26.0 Å². The molecule has 160 valence electrons. The smallest absolute Gasteiger partial charge is 0.381 e. The van der Waals surface area contributed by atoms with Crippen molar-refractivity contribution in [1.82, 2.24) is 5.09 Å². The van der Waals surface area contributed by atoms with Crippen molar-refractivity contribution in [1.29, 1.82) is 0 Å². The van der Waals surface area contributed by atoms with Crippen LogP contribution in [-0.2, 0) is 9.53 Å². The van der Waals surface area contributed by atoms with Crippen LogP contribution in [0.4, 0.5) is 22.0 Å². The molecule has 0 aliphatic heterocycles. The predicted octanol–water partition coefficient (Wildman–Crippen LogP) is 5.24. The lowest BCUT2D eigenvalue weighted by atomic mass is 10.3. The molecule has 11 heteroatoms. The second-order valence-corrected chi connectivity index (χ2v) is 6.64. The van der Waals surface area contributed by atoms with Crippen LogP contribution in [0.5, 0.6) is 11.5 Å². The van der Waals surface area contributed by atoms with Crippen LogP contribution < -0.4 is 14.1 Å². The molecule has 29 heavy (non-hydrogen) atoms. The van der Waals surface area contributed by atoms with E-state index >= 15 is 0 Å². The Hall–Kier alpha value is -2.45. The second-order valence-electron chi connectivity index (χ2n) is 5.44. The fraction of sp³-hybridized carbons (Fsp3) is 0.278. The highest BCUT2D eigenvalue weighted by Gasteiger charge is 2.29. The van der Waals surface area contributed by atoms with Crippen molar-refractivity contribution in [3.8, 4) is 11.5 Å². The molecule has 0 aliphatic carbocycles. The molecule has 0 bridgehead atoms. The zero-order chi connectivity index (χ0) is 22.0. The van der Waals surface area contributed by atoms with Crippen molar-refractivity contribution in [2.75, 3.05) is 6.54 Å². The molecule has 1 unspecified atom stereocenters. The lowest BCUT2D eigenvalue weighted by molar-refractivity contribution is -0.131. The minimum absolute atomic E-state index is 0.0301. The molecule has 0 spiro atoms. The van der Waals surface area contributed by atoms with Gasteiger partial charge in [-0.2, -0.15) is 8.78 Å². The fourth-order valence-corrected chi connectivity index (χ4v) is 2.71. The molecule has 0 amide bonds. The van der Waals surface area contributed by atoms with Crippen LogP contribution in [0.25, 0.3) is 0 Å². The van der Waals surface area contributed by atoms with E-state index in [4.69, 9.17) is 9.05 Å². The number of hydrogen-bond donors (Lipinski definition) is 1. The predicted molar refractivity (Wildman–Crippen MR) is 96.8 cm³/mol. The maximum atomic E-state index is 13.6. The van der Waals surface area contributed by atoms with Gasteiger partial charge in [0.1, 0.15) is 5.75 Å². The Bertz CT molecular complexity index is 767. The number of para-hydroxylation sites is 1. The lowest BCUT2D eigenvalue weighted by Crippen LogP contribution is -2.15. The van der Waals surface area contributed by atoms with E-state index in [0.717, 1.165) is 0 Å². The summed E-state index contributed by atoms with van der Waals surface area (Å²) in [5.41, 5.74) is 0. The van der Waals surface area contributed by atoms with Gasteiger partial charge in [0, 0.05) is 6.54 Å². The first-order valence-corrected chi connectivity index (χ1v) is 9.45. The van der Waals surface area contributed by atoms with Gasteiger partial charge in [-0.15, -0.1) is 0 Å². The van der Waals surface area contributed by atoms with Gasteiger partial charge in [0.05, 0.1) is 6.10 Å². The van der Waals surface area contributed by atoms with Gasteiger partial charge < -0.3 is 13.8 Å². The van der Waals surface area contributed by atoms with Gasteiger partial charge >= 0.3 is 8.53 Å². The Morgan fingerprint density at radius 3 is 1.86 bits per heavy atom. The fourth-order valence-electron chi connectivity index (χ4n) is 1.65. The number of benzene rings is 2. The van der Waals surface area contributed by atoms with E-state index in [0.29, 0.717) is 12.2 Å². The molecule has 2 aromatic rings. The van der Waals surface area contributed by atoms with Crippen molar-refractivity contribution in [3.05, 3.63) is 59.4 Å². The van der Waals surface area contributed by atoms with Gasteiger partial charge in [0.15, 0.2) is 0 Å². The molecule has 0 saturated heterocycles. The van der Waals surface area contributed by atoms with Crippen LogP contribution in [0.2, 0.25) is 0 Å². The number of nitrogens with one attached hydrogen (secondary N) is 1. The number of hydrogen-bond acceptors (Lipinski definition) is 5. The highest BCUT2D eigenvalue weighted by Crippen LogP contribution is 2.40. The molecule has 5 nitrogen and oxygen atoms in total. The first kappa shape index (κ1) is 24.6. The topological polar surface area (TPSA) is 56.8 Å². The summed E-state index contributed by atoms with van der Waals surface area (Å²) in [6, 6.07) is 8.11. The summed E-state index contributed by atoms with van der Waals surface area (Å²) in [7, 11) is -2.17. The van der Waals surface area contributed by atoms with Crippen LogP contribution in [0.1, 0.15) is 20.8 Å². The minimum atomic E-state index is -2.25. The number of carbonyl (C=O) groups is 1. The first-order chi connectivity index (χ1) is 13.7. The molecule has 0 aromatic heterocycles. The van der Waals surface area contributed by atoms with Gasteiger partial charge in [-0.1, -0.05) is 25.1 Å². The van der Waals surface area contributed by atoms with E-state index in [1.807, 2.05) is 0 Å². The zero-order valence-corrected chi connectivity index (χ0v) is 16.6. The summed E-state index contributed by atoms with van der Waals surface area (Å²) in [4.78, 5) is 9.39. The molecule has 1 atom stereocenters. The Morgan fingerprint density at radius 2 is 1.45 bits per heavy atom. The summed E-state index contributed by atoms with van der Waals surface area (Å²) < 4.78 is 81.2. The Morgan fingerprint density at radius 1 is 0.931 bits per heavy atom. The summed E-state index contributed by atoms with van der Waals surface area (Å²) in [5.74, 6) is -11.6. The Balaban J connectivity index is 0.000000612. The number of ether oxygens (including phenoxy) is 1. The van der Waals surface area contributed by atoms with Gasteiger partial charge in [0.2, 0.25) is 34.8 Å². The molecule has 0 fully saturated rings. The molecular weight excluding hydrogens is 420 g/mol. The van der Waals surface area contributed by atoms with Crippen molar-refractivity contribution < 1.29 is 40.5 Å². The van der Waals surface area contributed by atoms with Crippen molar-refractivity contribution >= 4 is 15.0 Å². The highest BCUT2D eigenvalue weighted by molar-refractivity contribution is 7.45. The van der Waals surface area contributed by atoms with E-state index in [1.54, 1.807) is 51.1 Å². The summed E-state index contributed by atoms with van der Waals surface area (Å²) in [6.45, 7) is 5.99. The van der Waals surface area contributed by atoms with E-state index in [1.165, 1.54) is 0 Å². The Labute approximate surface area is 165 Å². The van der Waals surface area contributed by atoms with E-state index in [-0.39, 0.29) is 12.6 Å². The number of halogens is 5. The molecule has 1 N–H and O–H groups in total. The van der Waals surface area contributed by atoms with E-state index in [9.17, 15) is 26.7 Å². The van der Waals surface area contributed by atoms with Crippen molar-refractivity contribution in [2.24, 2.45) is 0 Å². The van der Waals surface area contributed by atoms with Crippen LogP contribution in [0.3, 0.4) is 0 Å². The van der Waals surface area contributed by atoms with E-state index < -0.39 is 43.4 Å². The maximum absolute atomic E-state index is 13.6. The largest absolute Gasteiger partial charge is 0.465 e. The van der Waals surface area contributed by atoms with Gasteiger partial charge in [0.25, 0.3) is 6.47 Å². The SMILES string of the molecule is CC(C)OC=O.CCNP(Oc1ccccc1)Oc1c(F)c(F)c(F)c(F)c1F.